The van der Waals surface area contributed by atoms with Crippen LogP contribution in [-0.4, -0.2) is 14.2 Å². The zero-order valence-corrected chi connectivity index (χ0v) is 13.5. The lowest BCUT2D eigenvalue weighted by molar-refractivity contribution is -0.00000456. The predicted molar refractivity (Wildman–Crippen MR) is 81.5 cm³/mol. The molecule has 0 aliphatic heterocycles. The van der Waals surface area contributed by atoms with Gasteiger partial charge >= 0.3 is 0 Å². The van der Waals surface area contributed by atoms with Crippen LogP contribution in [0.3, 0.4) is 0 Å². The first-order valence-corrected chi connectivity index (χ1v) is 6.80. The Hall–Kier alpha value is -1.42. The summed E-state index contributed by atoms with van der Waals surface area (Å²) in [6, 6.07) is 13.5. The Kier molecular flexibility index (Phi) is 7.37. The van der Waals surface area contributed by atoms with E-state index in [1.165, 1.54) is 0 Å². The second kappa shape index (κ2) is 8.78. The summed E-state index contributed by atoms with van der Waals surface area (Å²) in [4.78, 5) is 0. The number of halogens is 2. The van der Waals surface area contributed by atoms with Gasteiger partial charge in [0.2, 0.25) is 0 Å². The van der Waals surface area contributed by atoms with Crippen LogP contribution in [0.2, 0.25) is 5.02 Å². The van der Waals surface area contributed by atoms with E-state index in [4.69, 9.17) is 21.1 Å². The van der Waals surface area contributed by atoms with Crippen molar-refractivity contribution in [3.05, 3.63) is 58.6 Å². The summed E-state index contributed by atoms with van der Waals surface area (Å²) in [5.41, 5.74) is 2.14. The third-order valence-electron chi connectivity index (χ3n) is 2.94. The molecule has 3 nitrogen and oxygen atoms in total. The van der Waals surface area contributed by atoms with Gasteiger partial charge < -0.3 is 27.2 Å². The van der Waals surface area contributed by atoms with Crippen molar-refractivity contribution in [2.45, 2.75) is 13.2 Å². The van der Waals surface area contributed by atoms with Crippen LogP contribution in [0.1, 0.15) is 11.1 Å². The van der Waals surface area contributed by atoms with Gasteiger partial charge in [0.1, 0.15) is 6.61 Å². The number of benzene rings is 2. The molecule has 0 atom stereocenters. The molecule has 0 bridgehead atoms. The highest BCUT2D eigenvalue weighted by molar-refractivity contribution is 6.30. The quantitative estimate of drug-likeness (QED) is 0.845. The van der Waals surface area contributed by atoms with E-state index in [0.717, 1.165) is 34.2 Å². The molecule has 0 aliphatic rings. The molecular weight excluding hydrogens is 309 g/mol. The SMILES string of the molecule is CNCc1cccc(OC)c1OCc1ccc(Cl)cc1.[Cl-]. The van der Waals surface area contributed by atoms with E-state index in [1.807, 2.05) is 49.5 Å². The molecule has 5 heteroatoms. The van der Waals surface area contributed by atoms with Gasteiger partial charge in [0.25, 0.3) is 0 Å². The van der Waals surface area contributed by atoms with Gasteiger partial charge in [0, 0.05) is 17.1 Å². The highest BCUT2D eigenvalue weighted by Crippen LogP contribution is 2.31. The Labute approximate surface area is 136 Å². The molecule has 0 unspecified atom stereocenters. The molecule has 0 spiro atoms. The third-order valence-corrected chi connectivity index (χ3v) is 3.20. The first-order chi connectivity index (χ1) is 9.74. The predicted octanol–water partition coefficient (Wildman–Crippen LogP) is 0.651. The second-order valence-electron chi connectivity index (χ2n) is 4.39. The maximum Gasteiger partial charge on any atom is 0.166 e. The fraction of sp³-hybridized carbons (Fsp3) is 0.250. The van der Waals surface area contributed by atoms with Crippen molar-refractivity contribution in [3.8, 4) is 11.5 Å². The van der Waals surface area contributed by atoms with E-state index in [2.05, 4.69) is 5.32 Å². The standard InChI is InChI=1S/C16H18ClNO2.ClH/c1-18-10-13-4-3-5-15(19-2)16(13)20-11-12-6-8-14(17)9-7-12;/h3-9,18H,10-11H2,1-2H3;1H/p-1. The second-order valence-corrected chi connectivity index (χ2v) is 4.83. The molecule has 21 heavy (non-hydrogen) atoms. The highest BCUT2D eigenvalue weighted by atomic mass is 35.5. The minimum Gasteiger partial charge on any atom is -1.00 e. The van der Waals surface area contributed by atoms with E-state index in [9.17, 15) is 0 Å². The molecule has 0 amide bonds. The van der Waals surface area contributed by atoms with Gasteiger partial charge in [-0.05, 0) is 30.8 Å². The molecule has 0 heterocycles. The molecule has 2 rings (SSSR count). The smallest absolute Gasteiger partial charge is 0.166 e. The minimum atomic E-state index is 0. The van der Waals surface area contributed by atoms with Crippen LogP contribution in [0.25, 0.3) is 0 Å². The van der Waals surface area contributed by atoms with Crippen molar-refractivity contribution in [2.75, 3.05) is 14.2 Å². The number of methoxy groups -OCH3 is 1. The van der Waals surface area contributed by atoms with E-state index in [1.54, 1.807) is 7.11 Å². The fourth-order valence-electron chi connectivity index (χ4n) is 1.95. The maximum atomic E-state index is 5.93. The summed E-state index contributed by atoms with van der Waals surface area (Å²) in [6.07, 6.45) is 0. The van der Waals surface area contributed by atoms with E-state index in [-0.39, 0.29) is 12.4 Å². The molecule has 0 fully saturated rings. The number of hydrogen-bond acceptors (Lipinski definition) is 3. The zero-order valence-electron chi connectivity index (χ0n) is 12.0. The first-order valence-electron chi connectivity index (χ1n) is 6.42. The van der Waals surface area contributed by atoms with Gasteiger partial charge in [-0.15, -0.1) is 0 Å². The summed E-state index contributed by atoms with van der Waals surface area (Å²) >= 11 is 5.87. The zero-order chi connectivity index (χ0) is 14.4. The topological polar surface area (TPSA) is 30.5 Å². The van der Waals surface area contributed by atoms with Crippen LogP contribution in [0.15, 0.2) is 42.5 Å². The van der Waals surface area contributed by atoms with Gasteiger partial charge in [-0.3, -0.25) is 0 Å². The van der Waals surface area contributed by atoms with Gasteiger partial charge in [0.05, 0.1) is 7.11 Å². The van der Waals surface area contributed by atoms with Crippen LogP contribution >= 0.6 is 11.6 Å². The molecule has 0 saturated heterocycles. The van der Waals surface area contributed by atoms with E-state index < -0.39 is 0 Å². The largest absolute Gasteiger partial charge is 1.00 e. The van der Waals surface area contributed by atoms with E-state index >= 15 is 0 Å². The van der Waals surface area contributed by atoms with E-state index in [0.29, 0.717) is 6.61 Å². The average molecular weight is 327 g/mol. The van der Waals surface area contributed by atoms with Gasteiger partial charge in [-0.2, -0.15) is 0 Å². The molecule has 0 aliphatic carbocycles. The number of hydrogen-bond donors (Lipinski definition) is 1. The molecule has 0 saturated carbocycles. The molecule has 1 N–H and O–H groups in total. The van der Waals surface area contributed by atoms with Crippen molar-refractivity contribution in [2.24, 2.45) is 0 Å². The molecule has 0 radical (unpaired) electrons. The number of ether oxygens (including phenoxy) is 2. The number of para-hydroxylation sites is 1. The molecular formula is C16H18Cl2NO2-. The van der Waals surface area contributed by atoms with Gasteiger partial charge in [0.15, 0.2) is 11.5 Å². The Morgan fingerprint density at radius 2 is 1.81 bits per heavy atom. The van der Waals surface area contributed by atoms with Crippen molar-refractivity contribution in [1.82, 2.24) is 5.32 Å². The summed E-state index contributed by atoms with van der Waals surface area (Å²) in [5.74, 6) is 1.52. The van der Waals surface area contributed by atoms with Crippen molar-refractivity contribution in [3.63, 3.8) is 0 Å². The Balaban J connectivity index is 0.00000220. The maximum absolute atomic E-state index is 5.93. The lowest BCUT2D eigenvalue weighted by Gasteiger charge is -2.15. The van der Waals surface area contributed by atoms with Gasteiger partial charge in [-0.25, -0.2) is 0 Å². The van der Waals surface area contributed by atoms with Crippen LogP contribution in [0, 0.1) is 0 Å². The first kappa shape index (κ1) is 17.6. The lowest BCUT2D eigenvalue weighted by atomic mass is 10.2. The highest BCUT2D eigenvalue weighted by Gasteiger charge is 2.10. The van der Waals surface area contributed by atoms with Gasteiger partial charge in [-0.1, -0.05) is 35.9 Å². The van der Waals surface area contributed by atoms with Crippen molar-refractivity contribution in [1.29, 1.82) is 0 Å². The van der Waals surface area contributed by atoms with Crippen LogP contribution in [0.5, 0.6) is 11.5 Å². The number of rotatable bonds is 6. The monoisotopic (exact) mass is 326 g/mol. The van der Waals surface area contributed by atoms with Crippen LogP contribution < -0.4 is 27.2 Å². The molecule has 0 aromatic heterocycles. The average Bonchev–Trinajstić information content (AvgIpc) is 2.47. The van der Waals surface area contributed by atoms with Crippen LogP contribution in [-0.2, 0) is 13.2 Å². The molecule has 2 aromatic carbocycles. The third kappa shape index (κ3) is 4.81. The Bertz CT molecular complexity index is 559. The lowest BCUT2D eigenvalue weighted by Crippen LogP contribution is -3.00. The summed E-state index contributed by atoms with van der Waals surface area (Å²) < 4.78 is 11.3. The summed E-state index contributed by atoms with van der Waals surface area (Å²) in [7, 11) is 3.55. The van der Waals surface area contributed by atoms with Crippen molar-refractivity contribution >= 4 is 11.6 Å². The summed E-state index contributed by atoms with van der Waals surface area (Å²) in [5, 5.41) is 3.85. The Morgan fingerprint density at radius 3 is 2.43 bits per heavy atom. The van der Waals surface area contributed by atoms with Crippen LogP contribution in [0.4, 0.5) is 0 Å². The van der Waals surface area contributed by atoms with Crippen molar-refractivity contribution < 1.29 is 21.9 Å². The fourth-order valence-corrected chi connectivity index (χ4v) is 2.08. The number of nitrogens with one attached hydrogen (secondary N) is 1. The minimum absolute atomic E-state index is 0. The Morgan fingerprint density at radius 1 is 1.10 bits per heavy atom. The molecule has 2 aromatic rings. The summed E-state index contributed by atoms with van der Waals surface area (Å²) in [6.45, 7) is 1.21. The normalized spacial score (nSPS) is 9.86. The molecule has 114 valence electrons.